The van der Waals surface area contributed by atoms with Crippen molar-refractivity contribution >= 4 is 11.2 Å². The fourth-order valence-electron chi connectivity index (χ4n) is 0.859. The smallest absolute Gasteiger partial charge is 0.432 e. The summed E-state index contributed by atoms with van der Waals surface area (Å²) in [5, 5.41) is 0. The van der Waals surface area contributed by atoms with Gasteiger partial charge in [0.2, 0.25) is 0 Å². The minimum absolute atomic E-state index is 0.463. The maximum absolute atomic E-state index is 4.87. The van der Waals surface area contributed by atoms with Crippen LogP contribution in [0.4, 0.5) is 0 Å². The van der Waals surface area contributed by atoms with E-state index >= 15 is 0 Å². The van der Waals surface area contributed by atoms with Crippen LogP contribution in [0.5, 0.6) is 6.01 Å². The third-order valence-electron chi connectivity index (χ3n) is 1.39. The van der Waals surface area contributed by atoms with Crippen molar-refractivity contribution in [3.63, 3.8) is 0 Å². The number of rotatable bonds is 1. The maximum atomic E-state index is 4.87. The fraction of sp³-hybridized carbons (Fsp3) is 0.167. The summed E-state index contributed by atoms with van der Waals surface area (Å²) in [5.74, 6) is 0. The van der Waals surface area contributed by atoms with Crippen molar-refractivity contribution in [1.29, 1.82) is 0 Å². The topological polar surface area (TPSA) is 64.9 Å². The van der Waals surface area contributed by atoms with Crippen LogP contribution in [0.15, 0.2) is 12.5 Å². The van der Waals surface area contributed by atoms with Gasteiger partial charge >= 0.3 is 6.01 Å². The molecular weight excluding hydrogens is 144 g/mol. The highest BCUT2D eigenvalue weighted by molar-refractivity contribution is 5.67. The predicted molar refractivity (Wildman–Crippen MR) is 37.0 cm³/mol. The van der Waals surface area contributed by atoms with Crippen molar-refractivity contribution in [2.45, 2.75) is 0 Å². The van der Waals surface area contributed by atoms with Crippen LogP contribution in [0.1, 0.15) is 0 Å². The van der Waals surface area contributed by atoms with Crippen LogP contribution in [0.25, 0.3) is 11.2 Å². The van der Waals surface area contributed by atoms with Gasteiger partial charge in [-0.2, -0.15) is 4.98 Å². The normalized spacial score (nSPS) is 10.3. The highest BCUT2D eigenvalue weighted by Gasteiger charge is 2.08. The molecular formula is C6H7N4O+. The molecule has 0 atom stereocenters. The van der Waals surface area contributed by atoms with E-state index in [1.807, 2.05) is 0 Å². The summed E-state index contributed by atoms with van der Waals surface area (Å²) in [7, 11) is 1.55. The molecule has 56 valence electrons. The number of hydrogen-bond acceptors (Lipinski definition) is 3. The molecule has 0 aromatic carbocycles. The van der Waals surface area contributed by atoms with Crippen LogP contribution in [0.2, 0.25) is 0 Å². The largest absolute Gasteiger partial charge is 0.498 e. The zero-order valence-corrected chi connectivity index (χ0v) is 5.96. The van der Waals surface area contributed by atoms with Crippen LogP contribution in [0.3, 0.4) is 0 Å². The Morgan fingerprint density at radius 3 is 3.36 bits per heavy atom. The number of ether oxygens (including phenoxy) is 1. The van der Waals surface area contributed by atoms with E-state index < -0.39 is 0 Å². The molecule has 5 nitrogen and oxygen atoms in total. The van der Waals surface area contributed by atoms with Gasteiger partial charge in [0.1, 0.15) is 6.20 Å². The van der Waals surface area contributed by atoms with Gasteiger partial charge in [-0.1, -0.05) is 0 Å². The van der Waals surface area contributed by atoms with Gasteiger partial charge in [-0.25, -0.2) is 4.98 Å². The number of fused-ring (bicyclic) bond motifs is 1. The first kappa shape index (κ1) is 6.09. The highest BCUT2D eigenvalue weighted by Crippen LogP contribution is 2.03. The minimum atomic E-state index is 0.463. The molecule has 0 bridgehead atoms. The Kier molecular flexibility index (Phi) is 1.21. The lowest BCUT2D eigenvalue weighted by atomic mass is 10.6. The molecule has 2 aromatic rings. The molecule has 0 aliphatic rings. The molecule has 0 unspecified atom stereocenters. The molecule has 2 rings (SSSR count). The van der Waals surface area contributed by atoms with E-state index in [0.29, 0.717) is 11.7 Å². The monoisotopic (exact) mass is 151 g/mol. The van der Waals surface area contributed by atoms with Gasteiger partial charge in [0, 0.05) is 4.98 Å². The molecule has 0 aliphatic carbocycles. The van der Waals surface area contributed by atoms with Gasteiger partial charge in [0.15, 0.2) is 5.52 Å². The second-order valence-electron chi connectivity index (χ2n) is 2.05. The summed E-state index contributed by atoms with van der Waals surface area (Å²) in [6.45, 7) is 0. The maximum Gasteiger partial charge on any atom is 0.498 e. The third-order valence-corrected chi connectivity index (χ3v) is 1.39. The first-order valence-electron chi connectivity index (χ1n) is 3.16. The first-order chi connectivity index (χ1) is 5.40. The Morgan fingerprint density at radius 1 is 1.64 bits per heavy atom. The Morgan fingerprint density at radius 2 is 2.55 bits per heavy atom. The quantitative estimate of drug-likeness (QED) is 0.612. The lowest BCUT2D eigenvalue weighted by Gasteiger charge is -1.85. The van der Waals surface area contributed by atoms with Crippen molar-refractivity contribution in [3.05, 3.63) is 12.5 Å². The minimum Gasteiger partial charge on any atom is -0.432 e. The van der Waals surface area contributed by atoms with Crippen LogP contribution >= 0.6 is 0 Å². The molecule has 2 heterocycles. The Labute approximate surface area is 62.5 Å². The number of H-pyrrole nitrogens is 2. The standard InChI is InChI=1S/C6H6N4O/c1-11-6-7-2-4-5(10-6)9-3-8-4/h2-3H,1H3,(H,7,8,9,10)/p+1. The molecule has 2 N–H and O–H groups in total. The van der Waals surface area contributed by atoms with Crippen LogP contribution in [0, 0.1) is 0 Å². The molecule has 0 aliphatic heterocycles. The van der Waals surface area contributed by atoms with E-state index in [9.17, 15) is 0 Å². The molecule has 0 fully saturated rings. The number of methoxy groups -OCH3 is 1. The summed E-state index contributed by atoms with van der Waals surface area (Å²) in [6.07, 6.45) is 3.35. The second kappa shape index (κ2) is 2.19. The number of imidazole rings is 1. The number of nitrogens with zero attached hydrogens (tertiary/aromatic N) is 2. The molecule has 5 heteroatoms. The van der Waals surface area contributed by atoms with Crippen LogP contribution in [-0.2, 0) is 0 Å². The average Bonchev–Trinajstić information content (AvgIpc) is 2.50. The van der Waals surface area contributed by atoms with E-state index in [1.54, 1.807) is 19.6 Å². The van der Waals surface area contributed by atoms with Gasteiger partial charge < -0.3 is 9.72 Å². The summed E-state index contributed by atoms with van der Waals surface area (Å²) < 4.78 is 4.87. The average molecular weight is 151 g/mol. The number of nitrogens with one attached hydrogen (secondary N) is 2. The molecule has 11 heavy (non-hydrogen) atoms. The molecule has 0 amide bonds. The van der Waals surface area contributed by atoms with Gasteiger partial charge in [-0.15, -0.1) is 0 Å². The molecule has 0 radical (unpaired) electrons. The Bertz CT molecular complexity index is 369. The van der Waals surface area contributed by atoms with Crippen molar-refractivity contribution in [2.24, 2.45) is 0 Å². The first-order valence-corrected chi connectivity index (χ1v) is 3.16. The van der Waals surface area contributed by atoms with Gasteiger partial charge in [-0.3, -0.25) is 0 Å². The van der Waals surface area contributed by atoms with E-state index in [1.165, 1.54) is 0 Å². The van der Waals surface area contributed by atoms with Gasteiger partial charge in [0.05, 0.1) is 13.4 Å². The molecule has 0 saturated carbocycles. The molecule has 0 saturated heterocycles. The Balaban J connectivity index is 2.67. The van der Waals surface area contributed by atoms with E-state index in [0.717, 1.165) is 5.52 Å². The zero-order chi connectivity index (χ0) is 7.68. The lowest BCUT2D eigenvalue weighted by molar-refractivity contribution is -0.396. The van der Waals surface area contributed by atoms with E-state index in [4.69, 9.17) is 4.74 Å². The van der Waals surface area contributed by atoms with Crippen LogP contribution in [-0.4, -0.2) is 22.1 Å². The van der Waals surface area contributed by atoms with Crippen LogP contribution < -0.4 is 9.72 Å². The van der Waals surface area contributed by atoms with Crippen molar-refractivity contribution in [2.75, 3.05) is 7.11 Å². The number of aromatic nitrogens is 4. The van der Waals surface area contributed by atoms with Crippen molar-refractivity contribution in [1.82, 2.24) is 15.0 Å². The van der Waals surface area contributed by atoms with Gasteiger partial charge in [-0.05, 0) is 0 Å². The highest BCUT2D eigenvalue weighted by atomic mass is 16.5. The third kappa shape index (κ3) is 0.899. The summed E-state index contributed by atoms with van der Waals surface area (Å²) in [6, 6.07) is 0.463. The second-order valence-corrected chi connectivity index (χ2v) is 2.05. The zero-order valence-electron chi connectivity index (χ0n) is 5.96. The van der Waals surface area contributed by atoms with E-state index in [-0.39, 0.29) is 0 Å². The SMILES string of the molecule is COc1nc2nc[nH]c2c[nH+]1. The van der Waals surface area contributed by atoms with Gasteiger partial charge in [0.25, 0.3) is 5.65 Å². The summed E-state index contributed by atoms with van der Waals surface area (Å²) in [5.41, 5.74) is 1.52. The van der Waals surface area contributed by atoms with Crippen molar-refractivity contribution < 1.29 is 9.72 Å². The number of aromatic amines is 2. The lowest BCUT2D eigenvalue weighted by Crippen LogP contribution is -2.08. The predicted octanol–water partition coefficient (Wildman–Crippen LogP) is -0.219. The molecule has 0 spiro atoms. The fourth-order valence-corrected chi connectivity index (χ4v) is 0.859. The summed E-state index contributed by atoms with van der Waals surface area (Å²) in [4.78, 5) is 13.7. The van der Waals surface area contributed by atoms with Crippen molar-refractivity contribution in [3.8, 4) is 6.01 Å². The summed E-state index contributed by atoms with van der Waals surface area (Å²) >= 11 is 0. The molecule has 2 aromatic heterocycles. The number of hydrogen-bond donors (Lipinski definition) is 1. The Hall–Kier alpha value is -1.65. The van der Waals surface area contributed by atoms with E-state index in [2.05, 4.69) is 19.9 Å².